The fraction of sp³-hybridized carbons (Fsp3) is 0.667. The summed E-state index contributed by atoms with van der Waals surface area (Å²) in [6.07, 6.45) is 3.40. The van der Waals surface area contributed by atoms with Gasteiger partial charge in [0, 0.05) is 6.54 Å². The number of ether oxygens (including phenoxy) is 2. The summed E-state index contributed by atoms with van der Waals surface area (Å²) >= 11 is 0. The lowest BCUT2D eigenvalue weighted by Gasteiger charge is -2.25. The van der Waals surface area contributed by atoms with Gasteiger partial charge in [-0.15, -0.1) is 0 Å². The van der Waals surface area contributed by atoms with E-state index >= 15 is 0 Å². The predicted octanol–water partition coefficient (Wildman–Crippen LogP) is 3.97. The number of nitrogens with one attached hydrogen (secondary N) is 1. The minimum absolute atomic E-state index is 0.300. The smallest absolute Gasteiger partial charge is 0.161 e. The van der Waals surface area contributed by atoms with Crippen molar-refractivity contribution in [2.24, 2.45) is 5.41 Å². The normalized spacial score (nSPS) is 11.5. The van der Waals surface area contributed by atoms with Crippen LogP contribution in [-0.2, 0) is 6.42 Å². The van der Waals surface area contributed by atoms with Crippen LogP contribution in [0.1, 0.15) is 44.7 Å². The zero-order valence-electron chi connectivity index (χ0n) is 14.5. The van der Waals surface area contributed by atoms with Crippen LogP contribution in [0.15, 0.2) is 12.1 Å². The number of rotatable bonds is 9. The highest BCUT2D eigenvalue weighted by molar-refractivity contribution is 5.47. The third kappa shape index (κ3) is 5.58. The van der Waals surface area contributed by atoms with Crippen LogP contribution in [0.2, 0.25) is 0 Å². The molecule has 0 fully saturated rings. The Balaban J connectivity index is 2.70. The Morgan fingerprint density at radius 3 is 2.29 bits per heavy atom. The van der Waals surface area contributed by atoms with Crippen LogP contribution in [0.5, 0.6) is 11.5 Å². The molecular formula is C18H31NO2. The molecule has 0 saturated carbocycles. The lowest BCUT2D eigenvalue weighted by Crippen LogP contribution is -2.30. The van der Waals surface area contributed by atoms with Crippen molar-refractivity contribution in [1.82, 2.24) is 5.32 Å². The van der Waals surface area contributed by atoms with E-state index in [0.717, 1.165) is 37.4 Å². The molecule has 1 aromatic carbocycles. The SMILES string of the molecule is CCCNCC(C)(C)CCc1cc(OC)c(OC)cc1C. The molecular weight excluding hydrogens is 262 g/mol. The maximum absolute atomic E-state index is 5.41. The fourth-order valence-corrected chi connectivity index (χ4v) is 2.46. The Bertz CT molecular complexity index is 441. The predicted molar refractivity (Wildman–Crippen MR) is 89.5 cm³/mol. The van der Waals surface area contributed by atoms with E-state index in [1.54, 1.807) is 14.2 Å². The minimum atomic E-state index is 0.300. The Hall–Kier alpha value is -1.22. The van der Waals surface area contributed by atoms with Crippen molar-refractivity contribution in [3.8, 4) is 11.5 Å². The van der Waals surface area contributed by atoms with Gasteiger partial charge in [0.2, 0.25) is 0 Å². The molecule has 1 rings (SSSR count). The van der Waals surface area contributed by atoms with Crippen LogP contribution >= 0.6 is 0 Å². The largest absolute Gasteiger partial charge is 0.493 e. The first kappa shape index (κ1) is 17.8. The molecule has 0 radical (unpaired) electrons. The standard InChI is InChI=1S/C18H31NO2/c1-7-10-19-13-18(3,4)9-8-15-12-17(21-6)16(20-5)11-14(15)2/h11-12,19H,7-10,13H2,1-6H3. The summed E-state index contributed by atoms with van der Waals surface area (Å²) in [7, 11) is 3.37. The molecule has 0 aliphatic carbocycles. The monoisotopic (exact) mass is 293 g/mol. The third-order valence-corrected chi connectivity index (χ3v) is 3.94. The van der Waals surface area contributed by atoms with Crippen molar-refractivity contribution >= 4 is 0 Å². The summed E-state index contributed by atoms with van der Waals surface area (Å²) in [5, 5.41) is 3.52. The van der Waals surface area contributed by atoms with Crippen molar-refractivity contribution < 1.29 is 9.47 Å². The highest BCUT2D eigenvalue weighted by Gasteiger charge is 2.18. The minimum Gasteiger partial charge on any atom is -0.493 e. The second-order valence-corrected chi connectivity index (χ2v) is 6.47. The average molecular weight is 293 g/mol. The number of hydrogen-bond acceptors (Lipinski definition) is 3. The molecule has 1 N–H and O–H groups in total. The number of hydrogen-bond donors (Lipinski definition) is 1. The summed E-state index contributed by atoms with van der Waals surface area (Å²) in [6, 6.07) is 4.18. The zero-order valence-corrected chi connectivity index (χ0v) is 14.5. The highest BCUT2D eigenvalue weighted by atomic mass is 16.5. The van der Waals surface area contributed by atoms with E-state index < -0.39 is 0 Å². The Labute approximate surface area is 130 Å². The van der Waals surface area contributed by atoms with Gasteiger partial charge >= 0.3 is 0 Å². The van der Waals surface area contributed by atoms with Crippen molar-refractivity contribution in [1.29, 1.82) is 0 Å². The maximum atomic E-state index is 5.41. The summed E-state index contributed by atoms with van der Waals surface area (Å²) in [6.45, 7) is 11.1. The first-order chi connectivity index (χ1) is 9.93. The van der Waals surface area contributed by atoms with E-state index in [1.165, 1.54) is 17.5 Å². The summed E-state index contributed by atoms with van der Waals surface area (Å²) in [5.41, 5.74) is 2.91. The summed E-state index contributed by atoms with van der Waals surface area (Å²) in [4.78, 5) is 0. The van der Waals surface area contributed by atoms with Gasteiger partial charge in [0.1, 0.15) is 0 Å². The second kappa shape index (κ2) is 8.28. The summed E-state index contributed by atoms with van der Waals surface area (Å²) < 4.78 is 10.8. The van der Waals surface area contributed by atoms with Crippen LogP contribution in [0, 0.1) is 12.3 Å². The molecule has 0 aliphatic heterocycles. The van der Waals surface area contributed by atoms with E-state index in [0.29, 0.717) is 5.41 Å². The molecule has 0 bridgehead atoms. The van der Waals surface area contributed by atoms with Crippen LogP contribution in [0.3, 0.4) is 0 Å². The fourth-order valence-electron chi connectivity index (χ4n) is 2.46. The van der Waals surface area contributed by atoms with Gasteiger partial charge < -0.3 is 14.8 Å². The van der Waals surface area contributed by atoms with Crippen molar-refractivity contribution in [2.45, 2.75) is 47.0 Å². The van der Waals surface area contributed by atoms with E-state index in [-0.39, 0.29) is 0 Å². The lowest BCUT2D eigenvalue weighted by molar-refractivity contribution is 0.314. The van der Waals surface area contributed by atoms with Gasteiger partial charge in [-0.25, -0.2) is 0 Å². The molecule has 120 valence electrons. The first-order valence-electron chi connectivity index (χ1n) is 7.85. The van der Waals surface area contributed by atoms with Crippen LogP contribution in [0.4, 0.5) is 0 Å². The molecule has 0 spiro atoms. The van der Waals surface area contributed by atoms with Crippen LogP contribution in [-0.4, -0.2) is 27.3 Å². The molecule has 0 amide bonds. The van der Waals surface area contributed by atoms with Crippen LogP contribution in [0.25, 0.3) is 0 Å². The van der Waals surface area contributed by atoms with E-state index in [4.69, 9.17) is 9.47 Å². The van der Waals surface area contributed by atoms with E-state index in [9.17, 15) is 0 Å². The number of benzene rings is 1. The summed E-state index contributed by atoms with van der Waals surface area (Å²) in [5.74, 6) is 1.63. The Morgan fingerprint density at radius 1 is 1.10 bits per heavy atom. The lowest BCUT2D eigenvalue weighted by atomic mass is 9.85. The van der Waals surface area contributed by atoms with Gasteiger partial charge in [0.15, 0.2) is 11.5 Å². The van der Waals surface area contributed by atoms with E-state index in [2.05, 4.69) is 45.1 Å². The maximum Gasteiger partial charge on any atom is 0.161 e. The molecule has 0 atom stereocenters. The molecule has 0 saturated heterocycles. The van der Waals surface area contributed by atoms with Gasteiger partial charge in [-0.05, 0) is 61.4 Å². The van der Waals surface area contributed by atoms with Crippen molar-refractivity contribution in [2.75, 3.05) is 27.3 Å². The van der Waals surface area contributed by atoms with Gasteiger partial charge in [-0.1, -0.05) is 20.8 Å². The molecule has 0 heterocycles. The van der Waals surface area contributed by atoms with Gasteiger partial charge in [0.05, 0.1) is 14.2 Å². The first-order valence-corrected chi connectivity index (χ1v) is 7.85. The van der Waals surface area contributed by atoms with E-state index in [1.807, 2.05) is 0 Å². The number of methoxy groups -OCH3 is 2. The average Bonchev–Trinajstić information content (AvgIpc) is 2.45. The van der Waals surface area contributed by atoms with Gasteiger partial charge in [-0.3, -0.25) is 0 Å². The molecule has 1 aromatic rings. The third-order valence-electron chi connectivity index (χ3n) is 3.94. The Kier molecular flexibility index (Phi) is 7.03. The van der Waals surface area contributed by atoms with Gasteiger partial charge in [-0.2, -0.15) is 0 Å². The molecule has 21 heavy (non-hydrogen) atoms. The molecule has 0 aromatic heterocycles. The molecule has 0 aliphatic rings. The van der Waals surface area contributed by atoms with Crippen molar-refractivity contribution in [3.05, 3.63) is 23.3 Å². The topological polar surface area (TPSA) is 30.5 Å². The second-order valence-electron chi connectivity index (χ2n) is 6.47. The molecule has 0 unspecified atom stereocenters. The van der Waals surface area contributed by atoms with Crippen LogP contribution < -0.4 is 14.8 Å². The van der Waals surface area contributed by atoms with Gasteiger partial charge in [0.25, 0.3) is 0 Å². The molecule has 3 heteroatoms. The molecule has 3 nitrogen and oxygen atoms in total. The van der Waals surface area contributed by atoms with Crippen molar-refractivity contribution in [3.63, 3.8) is 0 Å². The quantitative estimate of drug-likeness (QED) is 0.699. The Morgan fingerprint density at radius 2 is 1.71 bits per heavy atom. The highest BCUT2D eigenvalue weighted by Crippen LogP contribution is 2.32. The zero-order chi connectivity index (χ0) is 15.9. The number of aryl methyl sites for hydroxylation is 2.